The van der Waals surface area contributed by atoms with Crippen LogP contribution in [0.3, 0.4) is 0 Å². The molecule has 3 nitrogen and oxygen atoms in total. The summed E-state index contributed by atoms with van der Waals surface area (Å²) in [7, 11) is 0. The molecule has 0 aliphatic carbocycles. The number of hydrogen-bond acceptors (Lipinski definition) is 7. The van der Waals surface area contributed by atoms with Crippen LogP contribution < -0.4 is 0 Å². The van der Waals surface area contributed by atoms with Gasteiger partial charge in [-0.05, 0) is 135 Å². The molecular formula is C67H82FNO2S5. The van der Waals surface area contributed by atoms with Gasteiger partial charge >= 0.3 is 0 Å². The lowest BCUT2D eigenvalue weighted by Crippen LogP contribution is -1.86. The Morgan fingerprint density at radius 1 is 0.382 bits per heavy atom. The second-order valence-electron chi connectivity index (χ2n) is 14.9. The monoisotopic (exact) mass is 1110 g/mol. The molecule has 5 heterocycles. The molecule has 0 saturated heterocycles. The number of thiophene rings is 5. The molecule has 76 heavy (non-hydrogen) atoms. The van der Waals surface area contributed by atoms with Crippen molar-refractivity contribution in [2.24, 2.45) is 0 Å². The first-order valence-corrected chi connectivity index (χ1v) is 31.2. The highest BCUT2D eigenvalue weighted by Crippen LogP contribution is 2.29. The fourth-order valence-corrected chi connectivity index (χ4v) is 10.2. The van der Waals surface area contributed by atoms with E-state index in [2.05, 4.69) is 139 Å². The fourth-order valence-electron chi connectivity index (χ4n) is 6.49. The van der Waals surface area contributed by atoms with E-state index in [1.807, 2.05) is 110 Å². The second-order valence-corrected chi connectivity index (χ2v) is 19.7. The van der Waals surface area contributed by atoms with Gasteiger partial charge in [-0.1, -0.05) is 222 Å². The molecule has 0 aliphatic rings. The summed E-state index contributed by atoms with van der Waals surface area (Å²) in [6, 6.07) is 62.0. The first-order chi connectivity index (χ1) is 37.4. The topological polar surface area (TPSA) is 43.1 Å². The first-order valence-electron chi connectivity index (χ1n) is 26.8. The molecule has 0 N–H and O–H groups in total. The smallest absolute Gasteiger partial charge is 0.258 e. The van der Waals surface area contributed by atoms with Gasteiger partial charge in [-0.3, -0.25) is 10.1 Å². The lowest BCUT2D eigenvalue weighted by Gasteiger charge is -2.03. The number of nitrogens with zero attached hydrogens (tertiary/aromatic N) is 1. The zero-order chi connectivity index (χ0) is 56.2. The van der Waals surface area contributed by atoms with Gasteiger partial charge in [0.05, 0.1) is 4.92 Å². The van der Waals surface area contributed by atoms with Crippen LogP contribution in [0.15, 0.2) is 215 Å². The fraction of sp³-hybridized carbons (Fsp3) is 0.254. The van der Waals surface area contributed by atoms with E-state index in [1.165, 1.54) is 104 Å². The Balaban J connectivity index is 0.000000458. The van der Waals surface area contributed by atoms with Gasteiger partial charge in [-0.15, -0.1) is 56.7 Å². The summed E-state index contributed by atoms with van der Waals surface area (Å²) in [5, 5.41) is 20.7. The van der Waals surface area contributed by atoms with Crippen molar-refractivity contribution in [3.63, 3.8) is 0 Å². The van der Waals surface area contributed by atoms with Crippen molar-refractivity contribution in [1.29, 1.82) is 0 Å². The molecule has 404 valence electrons. The molecule has 10 rings (SSSR count). The van der Waals surface area contributed by atoms with Crippen LogP contribution in [0.25, 0.3) is 52.2 Å². The predicted octanol–water partition coefficient (Wildman–Crippen LogP) is 24.7. The third kappa shape index (κ3) is 26.6. The molecule has 0 atom stereocenters. The summed E-state index contributed by atoms with van der Waals surface area (Å²) in [6.07, 6.45) is 6.60. The van der Waals surface area contributed by atoms with Crippen molar-refractivity contribution in [3.8, 4) is 52.2 Å². The van der Waals surface area contributed by atoms with Crippen molar-refractivity contribution in [3.05, 3.63) is 242 Å². The van der Waals surface area contributed by atoms with Gasteiger partial charge in [0.1, 0.15) is 5.82 Å². The molecule has 5 aromatic carbocycles. The maximum Gasteiger partial charge on any atom is 0.269 e. The second kappa shape index (κ2) is 44.1. The minimum Gasteiger partial charge on any atom is -0.258 e. The molecule has 0 bridgehead atoms. The van der Waals surface area contributed by atoms with Crippen LogP contribution in [-0.2, 0) is 6.42 Å². The Morgan fingerprint density at radius 3 is 1.01 bits per heavy atom. The number of unbranched alkanes of at least 4 members (excludes halogenated alkanes) is 3. The molecule has 0 aliphatic heterocycles. The molecule has 0 unspecified atom stereocenters. The number of aryl methyl sites for hydroxylation is 2. The summed E-state index contributed by atoms with van der Waals surface area (Å²) in [4.78, 5) is 16.4. The van der Waals surface area contributed by atoms with Crippen LogP contribution in [0.1, 0.15) is 113 Å². The Hall–Kier alpha value is -6.07. The highest BCUT2D eigenvalue weighted by molar-refractivity contribution is 7.14. The summed E-state index contributed by atoms with van der Waals surface area (Å²) in [5.74, 6) is -0.185. The Bertz CT molecular complexity index is 2690. The first kappa shape index (κ1) is 67.9. The maximum absolute atomic E-state index is 12.5. The van der Waals surface area contributed by atoms with Gasteiger partial charge in [0.2, 0.25) is 0 Å². The van der Waals surface area contributed by atoms with E-state index in [9.17, 15) is 14.5 Å². The third-order valence-electron chi connectivity index (χ3n) is 10.0. The van der Waals surface area contributed by atoms with E-state index in [-0.39, 0.29) is 11.5 Å². The number of benzene rings is 5. The van der Waals surface area contributed by atoms with Gasteiger partial charge in [0, 0.05) is 36.5 Å². The minimum absolute atomic E-state index is 0.130. The van der Waals surface area contributed by atoms with Gasteiger partial charge in [0.25, 0.3) is 5.69 Å². The molecule has 0 radical (unpaired) electrons. The van der Waals surface area contributed by atoms with Crippen LogP contribution in [0.5, 0.6) is 0 Å². The van der Waals surface area contributed by atoms with Gasteiger partial charge in [0.15, 0.2) is 0 Å². The van der Waals surface area contributed by atoms with Crippen molar-refractivity contribution < 1.29 is 9.31 Å². The van der Waals surface area contributed by atoms with Crippen molar-refractivity contribution >= 4 is 62.4 Å². The van der Waals surface area contributed by atoms with E-state index >= 15 is 0 Å². The number of halogens is 1. The van der Waals surface area contributed by atoms with Crippen LogP contribution in [0.4, 0.5) is 10.1 Å². The number of nitro groups is 1. The Kier molecular flexibility index (Phi) is 39.4. The number of nitro benzene ring substituents is 1. The highest BCUT2D eigenvalue weighted by atomic mass is 32.1. The van der Waals surface area contributed by atoms with E-state index < -0.39 is 4.92 Å². The number of non-ortho nitro benzene ring substituents is 1. The molecule has 0 amide bonds. The molecule has 9 heteroatoms. The van der Waals surface area contributed by atoms with Crippen molar-refractivity contribution in [2.75, 3.05) is 0 Å². The molecular weight excluding hydrogens is 1030 g/mol. The molecule has 0 saturated carbocycles. The third-order valence-corrected chi connectivity index (χ3v) is 14.6. The molecule has 0 spiro atoms. The highest BCUT2D eigenvalue weighted by Gasteiger charge is 2.05. The lowest BCUT2D eigenvalue weighted by molar-refractivity contribution is -0.384. The molecule has 0 fully saturated rings. The van der Waals surface area contributed by atoms with E-state index in [0.29, 0.717) is 0 Å². The van der Waals surface area contributed by atoms with E-state index in [1.54, 1.807) is 80.9 Å². The van der Waals surface area contributed by atoms with E-state index in [0.717, 1.165) is 16.0 Å². The zero-order valence-corrected chi connectivity index (χ0v) is 51.1. The number of hydrogen-bond donors (Lipinski definition) is 0. The van der Waals surface area contributed by atoms with E-state index in [4.69, 9.17) is 0 Å². The summed E-state index contributed by atoms with van der Waals surface area (Å²) in [5.41, 5.74) is 8.98. The summed E-state index contributed by atoms with van der Waals surface area (Å²) >= 11 is 8.64. The summed E-state index contributed by atoms with van der Waals surface area (Å²) in [6.45, 7) is 24.4. The predicted molar refractivity (Wildman–Crippen MR) is 345 cm³/mol. The SMILES string of the molecule is CC.CC.CC.CC.CC.CCCCCCc1ccc(-c2cccs2)cc1.Cc1ccc(-c2cccs2)cc1.Fc1ccc(-c2cccs2)cc1.O=[N+]([O-])c1ccc(-c2cccs2)cc1.c1ccc(-c2cccs2)cc1. The maximum atomic E-state index is 12.5. The standard InChI is InChI=1S/C16H20S.C11H10S.C10H7FS.C10H7NO2S.C10H8S.5C2H6/c1-2-3-4-5-7-14-9-11-15(12-10-14)16-8-6-13-17-16;1-9-4-6-10(7-5-9)11-3-2-8-12-11;11-9-5-3-8(4-6-9)10-2-1-7-12-10;12-11(13)9-5-3-8(4-6-9)10-2-1-7-14-10;1-2-5-9(6-3-1)10-7-4-8-11-10;5*1-2/h6,8-13H,2-5,7H2,1H3;2-8H,1H3;1-7H;1-7H;1-8H;5*1-2H3. The normalized spacial score (nSPS) is 9.22. The molecule has 10 aromatic rings. The average Bonchev–Trinajstić information content (AvgIpc) is 4.37. The van der Waals surface area contributed by atoms with Crippen LogP contribution >= 0.6 is 56.7 Å². The average molecular weight is 1110 g/mol. The van der Waals surface area contributed by atoms with Gasteiger partial charge in [-0.25, -0.2) is 4.39 Å². The molecule has 5 aromatic heterocycles. The Morgan fingerprint density at radius 2 is 0.697 bits per heavy atom. The lowest BCUT2D eigenvalue weighted by atomic mass is 10.0. The largest absolute Gasteiger partial charge is 0.269 e. The van der Waals surface area contributed by atoms with Crippen LogP contribution in [0.2, 0.25) is 0 Å². The van der Waals surface area contributed by atoms with Crippen molar-refractivity contribution in [1.82, 2.24) is 0 Å². The van der Waals surface area contributed by atoms with Gasteiger partial charge in [-0.2, -0.15) is 0 Å². The van der Waals surface area contributed by atoms with Gasteiger partial charge < -0.3 is 0 Å². The zero-order valence-electron chi connectivity index (χ0n) is 47.0. The van der Waals surface area contributed by atoms with Crippen LogP contribution in [0, 0.1) is 22.9 Å². The van der Waals surface area contributed by atoms with Crippen LogP contribution in [-0.4, -0.2) is 4.92 Å². The van der Waals surface area contributed by atoms with Crippen molar-refractivity contribution in [2.45, 2.75) is 115 Å². The number of rotatable bonds is 11. The quantitative estimate of drug-likeness (QED) is 0.0736. The minimum atomic E-state index is -0.391. The Labute approximate surface area is 477 Å². The summed E-state index contributed by atoms with van der Waals surface area (Å²) < 4.78 is 12.5.